The predicted octanol–water partition coefficient (Wildman–Crippen LogP) is 3.20. The number of benzene rings is 1. The molecular formula is C16H17ClFN3. The molecular weight excluding hydrogens is 289 g/mol. The van der Waals surface area contributed by atoms with E-state index in [2.05, 4.69) is 14.8 Å². The van der Waals surface area contributed by atoms with E-state index in [0.29, 0.717) is 5.15 Å². The van der Waals surface area contributed by atoms with Crippen molar-refractivity contribution in [1.82, 2.24) is 9.88 Å². The highest BCUT2D eigenvalue weighted by Gasteiger charge is 2.17. The Morgan fingerprint density at radius 2 is 1.71 bits per heavy atom. The van der Waals surface area contributed by atoms with E-state index in [1.54, 1.807) is 0 Å². The minimum Gasteiger partial charge on any atom is -0.369 e. The molecule has 0 atom stereocenters. The van der Waals surface area contributed by atoms with Crippen LogP contribution in [0, 0.1) is 5.82 Å². The largest absolute Gasteiger partial charge is 0.369 e. The maximum absolute atomic E-state index is 12.9. The molecule has 1 fully saturated rings. The van der Waals surface area contributed by atoms with Crippen LogP contribution in [0.5, 0.6) is 0 Å². The highest BCUT2D eigenvalue weighted by molar-refractivity contribution is 6.29. The fourth-order valence-electron chi connectivity index (χ4n) is 2.57. The molecule has 1 aliphatic heterocycles. The molecule has 3 nitrogen and oxygen atoms in total. The van der Waals surface area contributed by atoms with E-state index in [-0.39, 0.29) is 5.82 Å². The first-order valence-corrected chi connectivity index (χ1v) is 7.42. The maximum atomic E-state index is 12.9. The summed E-state index contributed by atoms with van der Waals surface area (Å²) in [5, 5.41) is 0.528. The van der Waals surface area contributed by atoms with E-state index in [4.69, 9.17) is 11.6 Å². The van der Waals surface area contributed by atoms with Crippen molar-refractivity contribution in [2.45, 2.75) is 6.54 Å². The topological polar surface area (TPSA) is 19.4 Å². The summed E-state index contributed by atoms with van der Waals surface area (Å²) in [6.07, 6.45) is 1.83. The molecule has 0 amide bonds. The third kappa shape index (κ3) is 3.71. The van der Waals surface area contributed by atoms with Gasteiger partial charge < -0.3 is 4.90 Å². The lowest BCUT2D eigenvalue weighted by Gasteiger charge is -2.36. The summed E-state index contributed by atoms with van der Waals surface area (Å²) >= 11 is 5.79. The lowest BCUT2D eigenvalue weighted by molar-refractivity contribution is 0.249. The number of hydrogen-bond donors (Lipinski definition) is 0. The summed E-state index contributed by atoms with van der Waals surface area (Å²) in [4.78, 5) is 8.79. The molecule has 21 heavy (non-hydrogen) atoms. The summed E-state index contributed by atoms with van der Waals surface area (Å²) in [6, 6.07) is 10.6. The second-order valence-electron chi connectivity index (χ2n) is 5.23. The standard InChI is InChI=1S/C16H17ClFN3/c17-16-6-1-13(11-19-16)12-20-7-9-21(10-8-20)15-4-2-14(18)3-5-15/h1-6,11H,7-10,12H2. The summed E-state index contributed by atoms with van der Waals surface area (Å²) < 4.78 is 12.9. The third-order valence-electron chi connectivity index (χ3n) is 3.76. The van der Waals surface area contributed by atoms with Crippen LogP contribution in [-0.2, 0) is 6.54 Å². The Kier molecular flexibility index (Phi) is 4.36. The Balaban J connectivity index is 1.55. The van der Waals surface area contributed by atoms with Gasteiger partial charge in [0.15, 0.2) is 0 Å². The molecule has 0 unspecified atom stereocenters. The van der Waals surface area contributed by atoms with E-state index >= 15 is 0 Å². The smallest absolute Gasteiger partial charge is 0.129 e. The monoisotopic (exact) mass is 305 g/mol. The highest BCUT2D eigenvalue weighted by atomic mass is 35.5. The lowest BCUT2D eigenvalue weighted by Crippen LogP contribution is -2.45. The van der Waals surface area contributed by atoms with Crippen LogP contribution in [0.2, 0.25) is 5.15 Å². The number of nitrogens with zero attached hydrogens (tertiary/aromatic N) is 3. The summed E-state index contributed by atoms with van der Waals surface area (Å²) in [5.41, 5.74) is 2.26. The molecule has 0 radical (unpaired) electrons. The molecule has 0 bridgehead atoms. The van der Waals surface area contributed by atoms with E-state index in [0.717, 1.165) is 38.4 Å². The molecule has 0 saturated carbocycles. The van der Waals surface area contributed by atoms with Crippen LogP contribution in [0.4, 0.5) is 10.1 Å². The van der Waals surface area contributed by atoms with Crippen molar-refractivity contribution in [3.05, 3.63) is 59.1 Å². The van der Waals surface area contributed by atoms with Crippen molar-refractivity contribution in [3.8, 4) is 0 Å². The van der Waals surface area contributed by atoms with E-state index < -0.39 is 0 Å². The van der Waals surface area contributed by atoms with Gasteiger partial charge in [0, 0.05) is 44.6 Å². The first kappa shape index (κ1) is 14.3. The number of rotatable bonds is 3. The second-order valence-corrected chi connectivity index (χ2v) is 5.62. The van der Waals surface area contributed by atoms with Gasteiger partial charge in [-0.3, -0.25) is 4.90 Å². The molecule has 1 aliphatic rings. The molecule has 2 aromatic rings. The van der Waals surface area contributed by atoms with Crippen molar-refractivity contribution in [2.75, 3.05) is 31.1 Å². The number of pyridine rings is 1. The first-order valence-electron chi connectivity index (χ1n) is 7.04. The quantitative estimate of drug-likeness (QED) is 0.812. The first-order chi connectivity index (χ1) is 10.2. The fourth-order valence-corrected chi connectivity index (χ4v) is 2.69. The number of anilines is 1. The van der Waals surface area contributed by atoms with Gasteiger partial charge in [0.1, 0.15) is 11.0 Å². The molecule has 3 rings (SSSR count). The average Bonchev–Trinajstić information content (AvgIpc) is 2.51. The predicted molar refractivity (Wildman–Crippen MR) is 83.1 cm³/mol. The van der Waals surface area contributed by atoms with E-state index in [1.165, 1.54) is 17.7 Å². The molecule has 1 aromatic heterocycles. The van der Waals surface area contributed by atoms with Crippen LogP contribution >= 0.6 is 11.6 Å². The molecule has 2 heterocycles. The summed E-state index contributed by atoms with van der Waals surface area (Å²) in [7, 11) is 0. The molecule has 0 spiro atoms. The number of piperazine rings is 1. The van der Waals surface area contributed by atoms with Crippen molar-refractivity contribution >= 4 is 17.3 Å². The SMILES string of the molecule is Fc1ccc(N2CCN(Cc3ccc(Cl)nc3)CC2)cc1. The zero-order valence-corrected chi connectivity index (χ0v) is 12.4. The van der Waals surface area contributed by atoms with Crippen molar-refractivity contribution in [1.29, 1.82) is 0 Å². The summed E-state index contributed by atoms with van der Waals surface area (Å²) in [5.74, 6) is -0.187. The van der Waals surface area contributed by atoms with Crippen LogP contribution in [0.3, 0.4) is 0 Å². The van der Waals surface area contributed by atoms with Gasteiger partial charge in [0.25, 0.3) is 0 Å². The Morgan fingerprint density at radius 1 is 1.00 bits per heavy atom. The van der Waals surface area contributed by atoms with Gasteiger partial charge in [-0.15, -0.1) is 0 Å². The zero-order chi connectivity index (χ0) is 14.7. The van der Waals surface area contributed by atoms with Gasteiger partial charge >= 0.3 is 0 Å². The minimum atomic E-state index is -0.187. The Morgan fingerprint density at radius 3 is 2.33 bits per heavy atom. The van der Waals surface area contributed by atoms with Crippen LogP contribution in [-0.4, -0.2) is 36.1 Å². The molecule has 0 N–H and O–H groups in total. The normalized spacial score (nSPS) is 16.2. The third-order valence-corrected chi connectivity index (χ3v) is 3.98. The zero-order valence-electron chi connectivity index (χ0n) is 11.7. The van der Waals surface area contributed by atoms with Gasteiger partial charge in [-0.1, -0.05) is 17.7 Å². The van der Waals surface area contributed by atoms with Crippen LogP contribution in [0.25, 0.3) is 0 Å². The number of hydrogen-bond acceptors (Lipinski definition) is 3. The molecule has 0 aliphatic carbocycles. The summed E-state index contributed by atoms with van der Waals surface area (Å²) in [6.45, 7) is 4.76. The van der Waals surface area contributed by atoms with Crippen molar-refractivity contribution in [2.24, 2.45) is 0 Å². The molecule has 1 saturated heterocycles. The Labute approximate surface area is 129 Å². The van der Waals surface area contributed by atoms with Gasteiger partial charge in [-0.2, -0.15) is 0 Å². The lowest BCUT2D eigenvalue weighted by atomic mass is 10.2. The molecule has 5 heteroatoms. The van der Waals surface area contributed by atoms with Crippen LogP contribution in [0.15, 0.2) is 42.6 Å². The van der Waals surface area contributed by atoms with Gasteiger partial charge in [-0.05, 0) is 35.9 Å². The number of halogens is 2. The van der Waals surface area contributed by atoms with E-state index in [1.807, 2.05) is 30.5 Å². The molecule has 110 valence electrons. The number of aromatic nitrogens is 1. The average molecular weight is 306 g/mol. The van der Waals surface area contributed by atoms with Gasteiger partial charge in [0.05, 0.1) is 0 Å². The second kappa shape index (κ2) is 6.41. The Bertz CT molecular complexity index is 577. The van der Waals surface area contributed by atoms with Gasteiger partial charge in [-0.25, -0.2) is 9.37 Å². The van der Waals surface area contributed by atoms with E-state index in [9.17, 15) is 4.39 Å². The maximum Gasteiger partial charge on any atom is 0.129 e. The van der Waals surface area contributed by atoms with Gasteiger partial charge in [0.2, 0.25) is 0 Å². The van der Waals surface area contributed by atoms with Crippen molar-refractivity contribution in [3.63, 3.8) is 0 Å². The molecule has 1 aromatic carbocycles. The minimum absolute atomic E-state index is 0.187. The van der Waals surface area contributed by atoms with Crippen LogP contribution in [0.1, 0.15) is 5.56 Å². The highest BCUT2D eigenvalue weighted by Crippen LogP contribution is 2.18. The fraction of sp³-hybridized carbons (Fsp3) is 0.312. The van der Waals surface area contributed by atoms with Crippen molar-refractivity contribution < 1.29 is 4.39 Å². The Hall–Kier alpha value is -1.65. The van der Waals surface area contributed by atoms with Crippen LogP contribution < -0.4 is 4.90 Å².